The third kappa shape index (κ3) is 4.88. The lowest BCUT2D eigenvalue weighted by Crippen LogP contribution is -2.62. The fourth-order valence-electron chi connectivity index (χ4n) is 4.15. The second-order valence-electron chi connectivity index (χ2n) is 8.54. The molecule has 5 atom stereocenters. The Hall–Kier alpha value is -1.34. The van der Waals surface area contributed by atoms with Gasteiger partial charge in [-0.2, -0.15) is 0 Å². The van der Waals surface area contributed by atoms with Crippen LogP contribution in [0.15, 0.2) is 0 Å². The summed E-state index contributed by atoms with van der Waals surface area (Å²) in [6.07, 6.45) is 2.13. The maximum absolute atomic E-state index is 13.1. The van der Waals surface area contributed by atoms with Crippen LogP contribution in [0.1, 0.15) is 59.8 Å². The lowest BCUT2D eigenvalue weighted by atomic mass is 9.73. The minimum atomic E-state index is -0.773. The number of fused-ring (bicyclic) bond motifs is 5. The van der Waals surface area contributed by atoms with E-state index in [0.29, 0.717) is 13.0 Å². The number of nitrogens with zero attached hydrogens (tertiary/aromatic N) is 1. The maximum atomic E-state index is 13.1. The van der Waals surface area contributed by atoms with Crippen molar-refractivity contribution in [3.8, 4) is 0 Å². The first-order valence-electron chi connectivity index (χ1n) is 9.76. The van der Waals surface area contributed by atoms with Crippen LogP contribution in [0.4, 0.5) is 4.79 Å². The van der Waals surface area contributed by atoms with Crippen molar-refractivity contribution in [3.63, 3.8) is 0 Å². The van der Waals surface area contributed by atoms with E-state index >= 15 is 0 Å². The van der Waals surface area contributed by atoms with E-state index in [1.807, 2.05) is 4.90 Å². The fraction of sp³-hybridized carbons (Fsp3) is 0.895. The quantitative estimate of drug-likeness (QED) is 0.684. The van der Waals surface area contributed by atoms with Crippen LogP contribution in [-0.4, -0.2) is 64.1 Å². The Bertz CT molecular complexity index is 505. The summed E-state index contributed by atoms with van der Waals surface area (Å²) < 4.78 is 5.33. The number of unbranched alkanes of at least 4 members (excludes halogenated alkanes) is 1. The Kier molecular flexibility index (Phi) is 6.91. The highest BCUT2D eigenvalue weighted by Gasteiger charge is 2.47. The summed E-state index contributed by atoms with van der Waals surface area (Å²) in [5, 5.41) is 23.3. The number of rotatable bonds is 5. The molecule has 3 N–H and O–H groups in total. The molecule has 2 aliphatic heterocycles. The molecule has 26 heavy (non-hydrogen) atoms. The molecule has 3 aliphatic rings. The molecular weight excluding hydrogens is 336 g/mol. The Balaban J connectivity index is 2.22. The van der Waals surface area contributed by atoms with E-state index in [0.717, 1.165) is 19.3 Å². The average molecular weight is 370 g/mol. The normalized spacial score (nSPS) is 32.2. The Labute approximate surface area is 156 Å². The predicted molar refractivity (Wildman–Crippen MR) is 97.5 cm³/mol. The summed E-state index contributed by atoms with van der Waals surface area (Å²) in [6.45, 7) is 7.86. The molecule has 3 rings (SSSR count). The van der Waals surface area contributed by atoms with Crippen molar-refractivity contribution in [2.75, 3.05) is 13.2 Å². The number of alkyl carbamates (subject to hydrolysis) is 1. The number of carbonyl (C=O) groups is 2. The molecule has 2 bridgehead atoms. The topological polar surface area (TPSA) is 99.1 Å². The van der Waals surface area contributed by atoms with E-state index in [2.05, 4.69) is 12.2 Å². The molecule has 2 heterocycles. The molecular formula is C19H34N2O5. The lowest BCUT2D eigenvalue weighted by Gasteiger charge is -2.49. The predicted octanol–water partition coefficient (Wildman–Crippen LogP) is 1.66. The minimum absolute atomic E-state index is 0.0149. The third-order valence-corrected chi connectivity index (χ3v) is 5.41. The van der Waals surface area contributed by atoms with Crippen molar-refractivity contribution in [2.24, 2.45) is 11.8 Å². The van der Waals surface area contributed by atoms with E-state index in [4.69, 9.17) is 4.74 Å². The van der Waals surface area contributed by atoms with E-state index in [9.17, 15) is 19.8 Å². The molecule has 2 saturated heterocycles. The number of amides is 2. The number of hydrogen-bond donors (Lipinski definition) is 3. The van der Waals surface area contributed by atoms with Gasteiger partial charge in [0.05, 0.1) is 18.6 Å². The van der Waals surface area contributed by atoms with Crippen molar-refractivity contribution in [3.05, 3.63) is 0 Å². The van der Waals surface area contributed by atoms with Gasteiger partial charge in [-0.05, 0) is 46.5 Å². The van der Waals surface area contributed by atoms with Gasteiger partial charge in [-0.15, -0.1) is 0 Å². The molecule has 7 nitrogen and oxygen atoms in total. The van der Waals surface area contributed by atoms with Crippen LogP contribution in [0, 0.1) is 11.8 Å². The Morgan fingerprint density at radius 3 is 2.62 bits per heavy atom. The van der Waals surface area contributed by atoms with Gasteiger partial charge in [-0.3, -0.25) is 4.79 Å². The molecule has 1 saturated carbocycles. The molecule has 7 heteroatoms. The molecule has 1 aliphatic carbocycles. The van der Waals surface area contributed by atoms with Crippen LogP contribution in [0.3, 0.4) is 0 Å². The summed E-state index contributed by atoms with van der Waals surface area (Å²) in [4.78, 5) is 27.1. The molecule has 0 aromatic rings. The van der Waals surface area contributed by atoms with Crippen molar-refractivity contribution in [1.82, 2.24) is 10.2 Å². The number of nitrogens with one attached hydrogen (secondary N) is 1. The lowest BCUT2D eigenvalue weighted by molar-refractivity contribution is -0.151. The first kappa shape index (κ1) is 21.0. The Morgan fingerprint density at radius 1 is 1.35 bits per heavy atom. The van der Waals surface area contributed by atoms with Crippen LogP contribution in [-0.2, 0) is 9.53 Å². The smallest absolute Gasteiger partial charge is 0.407 e. The van der Waals surface area contributed by atoms with Crippen molar-refractivity contribution >= 4 is 12.0 Å². The Morgan fingerprint density at radius 2 is 2.04 bits per heavy atom. The van der Waals surface area contributed by atoms with Crippen molar-refractivity contribution in [2.45, 2.75) is 83.6 Å². The summed E-state index contributed by atoms with van der Waals surface area (Å²) >= 11 is 0. The zero-order valence-electron chi connectivity index (χ0n) is 16.4. The van der Waals surface area contributed by atoms with Crippen LogP contribution in [0.2, 0.25) is 0 Å². The van der Waals surface area contributed by atoms with Crippen LogP contribution in [0.5, 0.6) is 0 Å². The van der Waals surface area contributed by atoms with Crippen molar-refractivity contribution < 1.29 is 24.5 Å². The van der Waals surface area contributed by atoms with Gasteiger partial charge in [0.2, 0.25) is 5.91 Å². The zero-order chi connectivity index (χ0) is 19.5. The molecule has 0 unspecified atom stereocenters. The number of carbonyl (C=O) groups excluding carboxylic acids is 2. The highest BCUT2D eigenvalue weighted by molar-refractivity contribution is 5.82. The molecule has 3 fully saturated rings. The number of ether oxygens (including phenoxy) is 1. The standard InChI is InChI=1S/C19H34N2O5/c1-5-6-9-21-15-8-7-12(17(21)24)14(10-16(23)13(15)11-22)20-18(25)26-19(2,3)4/h12-16,22-23H,5-11H2,1-4H3,(H,20,25)/t12-,13+,14+,15+,16+/m0/s1. The largest absolute Gasteiger partial charge is 0.444 e. The first-order valence-corrected chi connectivity index (χ1v) is 9.76. The molecule has 0 aromatic carbocycles. The number of hydrogen-bond acceptors (Lipinski definition) is 5. The average Bonchev–Trinajstić information content (AvgIpc) is 2.51. The molecule has 0 radical (unpaired) electrons. The van der Waals surface area contributed by atoms with Crippen molar-refractivity contribution in [1.29, 1.82) is 0 Å². The van der Waals surface area contributed by atoms with Gasteiger partial charge in [0.25, 0.3) is 0 Å². The summed E-state index contributed by atoms with van der Waals surface area (Å²) in [7, 11) is 0. The van der Waals surface area contributed by atoms with E-state index in [-0.39, 0.29) is 36.8 Å². The van der Waals surface area contributed by atoms with Crippen LogP contribution < -0.4 is 5.32 Å². The summed E-state index contributed by atoms with van der Waals surface area (Å²) in [5.74, 6) is -0.731. The number of aliphatic hydroxyl groups excluding tert-OH is 2. The van der Waals surface area contributed by atoms with Gasteiger partial charge in [-0.25, -0.2) is 4.79 Å². The van der Waals surface area contributed by atoms with Gasteiger partial charge in [0.1, 0.15) is 5.60 Å². The van der Waals surface area contributed by atoms with Gasteiger partial charge in [0.15, 0.2) is 0 Å². The monoisotopic (exact) mass is 370 g/mol. The highest BCUT2D eigenvalue weighted by Crippen LogP contribution is 2.37. The third-order valence-electron chi connectivity index (χ3n) is 5.41. The van der Waals surface area contributed by atoms with Gasteiger partial charge in [0, 0.05) is 24.5 Å². The second kappa shape index (κ2) is 8.57. The molecule has 0 spiro atoms. The summed E-state index contributed by atoms with van der Waals surface area (Å²) in [5.41, 5.74) is -0.632. The molecule has 0 aromatic heterocycles. The zero-order valence-corrected chi connectivity index (χ0v) is 16.4. The number of piperidine rings is 1. The van der Waals surface area contributed by atoms with E-state index in [1.54, 1.807) is 20.8 Å². The van der Waals surface area contributed by atoms with Gasteiger partial charge >= 0.3 is 6.09 Å². The highest BCUT2D eigenvalue weighted by atomic mass is 16.6. The van der Waals surface area contributed by atoms with E-state index < -0.39 is 23.8 Å². The van der Waals surface area contributed by atoms with Gasteiger partial charge in [-0.1, -0.05) is 13.3 Å². The SMILES string of the molecule is CCCCN1C(=O)[C@H]2CC[C@@H]1[C@@H](CO)[C@H](O)C[C@H]2NC(=O)OC(C)(C)C. The second-order valence-corrected chi connectivity index (χ2v) is 8.54. The molecule has 2 amide bonds. The molecule has 150 valence electrons. The van der Waals surface area contributed by atoms with Crippen LogP contribution in [0.25, 0.3) is 0 Å². The van der Waals surface area contributed by atoms with Gasteiger partial charge < -0.3 is 25.2 Å². The number of aliphatic hydroxyl groups is 2. The summed E-state index contributed by atoms with van der Waals surface area (Å²) in [6, 6.07) is -0.625. The maximum Gasteiger partial charge on any atom is 0.407 e. The fourth-order valence-corrected chi connectivity index (χ4v) is 4.15. The van der Waals surface area contributed by atoms with Crippen LogP contribution >= 0.6 is 0 Å². The first-order chi connectivity index (χ1) is 12.2. The van der Waals surface area contributed by atoms with E-state index in [1.165, 1.54) is 0 Å². The minimum Gasteiger partial charge on any atom is -0.444 e.